The van der Waals surface area contributed by atoms with Crippen LogP contribution in [0.3, 0.4) is 0 Å². The predicted molar refractivity (Wildman–Crippen MR) is 82.8 cm³/mol. The first-order chi connectivity index (χ1) is 9.67. The molecule has 1 saturated heterocycles. The molecule has 1 atom stereocenters. The van der Waals surface area contributed by atoms with Crippen molar-refractivity contribution in [1.29, 1.82) is 0 Å². The first-order valence-corrected chi connectivity index (χ1v) is 7.82. The van der Waals surface area contributed by atoms with Crippen molar-refractivity contribution in [2.75, 3.05) is 23.7 Å². The summed E-state index contributed by atoms with van der Waals surface area (Å²) < 4.78 is 0. The van der Waals surface area contributed by atoms with Gasteiger partial charge in [-0.1, -0.05) is 18.1 Å². The van der Waals surface area contributed by atoms with Crippen LogP contribution in [0.15, 0.2) is 28.3 Å². The number of hydrogen-bond donors (Lipinski definition) is 3. The number of β-amino-alcohol motifs (C(OH)–C–C–N with tert-alkyl or cyclic N) is 1. The van der Waals surface area contributed by atoms with Gasteiger partial charge in [0.05, 0.1) is 11.7 Å². The topological polar surface area (TPSA) is 82.1 Å². The van der Waals surface area contributed by atoms with Gasteiger partial charge in [-0.2, -0.15) is 0 Å². The Hall–Kier alpha value is -1.40. The third-order valence-electron chi connectivity index (χ3n) is 3.41. The Morgan fingerprint density at radius 1 is 1.55 bits per heavy atom. The summed E-state index contributed by atoms with van der Waals surface area (Å²) >= 11 is 1.66. The molecule has 6 heteroatoms. The van der Waals surface area contributed by atoms with Crippen molar-refractivity contribution in [1.82, 2.24) is 0 Å². The Balaban J connectivity index is 2.43. The van der Waals surface area contributed by atoms with E-state index in [0.717, 1.165) is 41.3 Å². The van der Waals surface area contributed by atoms with E-state index in [0.29, 0.717) is 6.54 Å². The SMILES string of the molecule is CCSc1cccc(N2CCCC(O)C2)c1/C(N)=N/O. The summed E-state index contributed by atoms with van der Waals surface area (Å²) in [5.41, 5.74) is 7.55. The molecule has 1 aliphatic rings. The maximum absolute atomic E-state index is 9.84. The zero-order chi connectivity index (χ0) is 14.5. The summed E-state index contributed by atoms with van der Waals surface area (Å²) in [5.74, 6) is 1.04. The first kappa shape index (κ1) is 15.0. The van der Waals surface area contributed by atoms with E-state index in [1.54, 1.807) is 11.8 Å². The number of amidine groups is 1. The van der Waals surface area contributed by atoms with Crippen LogP contribution in [0.2, 0.25) is 0 Å². The van der Waals surface area contributed by atoms with E-state index in [-0.39, 0.29) is 11.9 Å². The lowest BCUT2D eigenvalue weighted by atomic mass is 10.0. The van der Waals surface area contributed by atoms with Crippen LogP contribution in [-0.2, 0) is 0 Å². The van der Waals surface area contributed by atoms with E-state index in [9.17, 15) is 5.11 Å². The number of aliphatic hydroxyl groups excluding tert-OH is 1. The molecule has 2 rings (SSSR count). The van der Waals surface area contributed by atoms with E-state index < -0.39 is 0 Å². The van der Waals surface area contributed by atoms with E-state index in [4.69, 9.17) is 10.9 Å². The number of nitrogens with zero attached hydrogens (tertiary/aromatic N) is 2. The molecule has 0 radical (unpaired) electrons. The molecule has 1 unspecified atom stereocenters. The van der Waals surface area contributed by atoms with Gasteiger partial charge in [0.2, 0.25) is 0 Å². The maximum atomic E-state index is 9.84. The van der Waals surface area contributed by atoms with Crippen LogP contribution < -0.4 is 10.6 Å². The van der Waals surface area contributed by atoms with Gasteiger partial charge >= 0.3 is 0 Å². The molecular formula is C14H21N3O2S. The summed E-state index contributed by atoms with van der Waals surface area (Å²) in [6.45, 7) is 3.53. The fourth-order valence-electron chi connectivity index (χ4n) is 2.54. The first-order valence-electron chi connectivity index (χ1n) is 6.84. The predicted octanol–water partition coefficient (Wildman–Crippen LogP) is 1.85. The van der Waals surface area contributed by atoms with Crippen molar-refractivity contribution in [3.8, 4) is 0 Å². The standard InChI is InChI=1S/C14H21N3O2S/c1-2-20-12-7-3-6-11(13(12)14(15)16-19)17-8-4-5-10(18)9-17/h3,6-7,10,18-19H,2,4-5,8-9H2,1H3,(H2,15,16). The number of anilines is 1. The second kappa shape index (κ2) is 6.85. The lowest BCUT2D eigenvalue weighted by molar-refractivity contribution is 0.154. The highest BCUT2D eigenvalue weighted by atomic mass is 32.2. The van der Waals surface area contributed by atoms with Gasteiger partial charge in [-0.15, -0.1) is 11.8 Å². The van der Waals surface area contributed by atoms with Gasteiger partial charge in [0.15, 0.2) is 5.84 Å². The summed E-state index contributed by atoms with van der Waals surface area (Å²) in [7, 11) is 0. The van der Waals surface area contributed by atoms with Gasteiger partial charge in [0.1, 0.15) is 0 Å². The molecule has 110 valence electrons. The van der Waals surface area contributed by atoms with E-state index in [1.807, 2.05) is 18.2 Å². The van der Waals surface area contributed by atoms with Crippen LogP contribution in [0.25, 0.3) is 0 Å². The van der Waals surface area contributed by atoms with Gasteiger partial charge in [0.25, 0.3) is 0 Å². The number of oxime groups is 1. The second-order valence-electron chi connectivity index (χ2n) is 4.81. The Kier molecular flexibility index (Phi) is 5.14. The van der Waals surface area contributed by atoms with Gasteiger partial charge < -0.3 is 20.9 Å². The molecule has 0 aromatic heterocycles. The van der Waals surface area contributed by atoms with E-state index >= 15 is 0 Å². The molecule has 0 bridgehead atoms. The van der Waals surface area contributed by atoms with Crippen molar-refractivity contribution in [3.05, 3.63) is 23.8 Å². The van der Waals surface area contributed by atoms with Crippen LogP contribution in [0.4, 0.5) is 5.69 Å². The Bertz CT molecular complexity index is 493. The molecule has 4 N–H and O–H groups in total. The van der Waals surface area contributed by atoms with Crippen molar-refractivity contribution >= 4 is 23.3 Å². The van der Waals surface area contributed by atoms with Gasteiger partial charge in [-0.3, -0.25) is 0 Å². The number of nitrogens with two attached hydrogens (primary N) is 1. The lowest BCUT2D eigenvalue weighted by Crippen LogP contribution is -2.39. The molecule has 1 aromatic carbocycles. The third-order valence-corrected chi connectivity index (χ3v) is 4.35. The lowest BCUT2D eigenvalue weighted by Gasteiger charge is -2.33. The molecule has 0 saturated carbocycles. The highest BCUT2D eigenvalue weighted by Crippen LogP contribution is 2.32. The second-order valence-corrected chi connectivity index (χ2v) is 6.12. The zero-order valence-corrected chi connectivity index (χ0v) is 12.4. The number of benzene rings is 1. The minimum absolute atomic E-state index is 0.122. The highest BCUT2D eigenvalue weighted by Gasteiger charge is 2.22. The van der Waals surface area contributed by atoms with Crippen LogP contribution >= 0.6 is 11.8 Å². The van der Waals surface area contributed by atoms with Gasteiger partial charge in [0, 0.05) is 23.7 Å². The number of rotatable bonds is 4. The van der Waals surface area contributed by atoms with Gasteiger partial charge in [-0.05, 0) is 30.7 Å². The highest BCUT2D eigenvalue weighted by molar-refractivity contribution is 7.99. The summed E-state index contributed by atoms with van der Waals surface area (Å²) in [5, 5.41) is 22.1. The van der Waals surface area contributed by atoms with Crippen molar-refractivity contribution in [2.45, 2.75) is 30.8 Å². The van der Waals surface area contributed by atoms with Crippen LogP contribution in [0, 0.1) is 0 Å². The maximum Gasteiger partial charge on any atom is 0.173 e. The molecule has 5 nitrogen and oxygen atoms in total. The molecule has 1 aromatic rings. The molecule has 0 aliphatic carbocycles. The molecule has 0 spiro atoms. The largest absolute Gasteiger partial charge is 0.409 e. The number of hydrogen-bond acceptors (Lipinski definition) is 5. The minimum atomic E-state index is -0.314. The van der Waals surface area contributed by atoms with E-state index in [2.05, 4.69) is 17.0 Å². The fourth-order valence-corrected chi connectivity index (χ4v) is 3.38. The molecule has 20 heavy (non-hydrogen) atoms. The molecule has 1 aliphatic heterocycles. The zero-order valence-electron chi connectivity index (χ0n) is 11.6. The third kappa shape index (κ3) is 3.19. The summed E-state index contributed by atoms with van der Waals surface area (Å²) in [6, 6.07) is 5.92. The Morgan fingerprint density at radius 3 is 3.00 bits per heavy atom. The average molecular weight is 295 g/mol. The summed E-state index contributed by atoms with van der Waals surface area (Å²) in [4.78, 5) is 3.11. The van der Waals surface area contributed by atoms with Crippen molar-refractivity contribution in [2.24, 2.45) is 10.9 Å². The molecular weight excluding hydrogens is 274 g/mol. The average Bonchev–Trinajstić information content (AvgIpc) is 2.46. The van der Waals surface area contributed by atoms with Crippen molar-refractivity contribution in [3.63, 3.8) is 0 Å². The van der Waals surface area contributed by atoms with Crippen LogP contribution in [-0.4, -0.2) is 41.1 Å². The molecule has 1 fully saturated rings. The monoisotopic (exact) mass is 295 g/mol. The van der Waals surface area contributed by atoms with Crippen LogP contribution in [0.5, 0.6) is 0 Å². The van der Waals surface area contributed by atoms with E-state index in [1.165, 1.54) is 0 Å². The molecule has 0 amide bonds. The van der Waals surface area contributed by atoms with Crippen LogP contribution in [0.1, 0.15) is 25.3 Å². The van der Waals surface area contributed by atoms with Gasteiger partial charge in [-0.25, -0.2) is 0 Å². The van der Waals surface area contributed by atoms with Crippen molar-refractivity contribution < 1.29 is 10.3 Å². The number of thioether (sulfide) groups is 1. The molecule has 1 heterocycles. The number of piperidine rings is 1. The Morgan fingerprint density at radius 2 is 2.35 bits per heavy atom. The quantitative estimate of drug-likeness (QED) is 0.260. The fraction of sp³-hybridized carbons (Fsp3) is 0.500. The summed E-state index contributed by atoms with van der Waals surface area (Å²) in [6.07, 6.45) is 1.46. The normalized spacial score (nSPS) is 20.2. The minimum Gasteiger partial charge on any atom is -0.409 e. The smallest absolute Gasteiger partial charge is 0.173 e. The Labute approximate surface area is 123 Å². The number of aliphatic hydroxyl groups is 1.